The SMILES string of the molecule is Cc1csc(CN(C)C(=O)c2cccc(C(=O)N[C@@H](Cc3cc(F)cc(F)c3)[C@H](O)[C@H]3CCCN3C(=O)OC(C)(C)C)c2)n1. The molecular formula is C32H38F2N4O5S. The number of carbonyl (C=O) groups is 3. The second-order valence-corrected chi connectivity index (χ2v) is 13.0. The monoisotopic (exact) mass is 628 g/mol. The van der Waals surface area contributed by atoms with Gasteiger partial charge in [0.05, 0.1) is 24.7 Å². The van der Waals surface area contributed by atoms with Gasteiger partial charge in [-0.3, -0.25) is 9.59 Å². The molecule has 0 bridgehead atoms. The molecule has 12 heteroatoms. The van der Waals surface area contributed by atoms with Crippen molar-refractivity contribution >= 4 is 29.2 Å². The molecule has 44 heavy (non-hydrogen) atoms. The first-order valence-corrected chi connectivity index (χ1v) is 15.3. The Morgan fingerprint density at radius 2 is 1.84 bits per heavy atom. The summed E-state index contributed by atoms with van der Waals surface area (Å²) < 4.78 is 33.6. The Morgan fingerprint density at radius 3 is 2.48 bits per heavy atom. The smallest absolute Gasteiger partial charge is 0.410 e. The van der Waals surface area contributed by atoms with Crippen LogP contribution < -0.4 is 5.32 Å². The maximum atomic E-state index is 14.1. The highest BCUT2D eigenvalue weighted by Crippen LogP contribution is 2.26. The number of aliphatic hydroxyl groups is 1. The summed E-state index contributed by atoms with van der Waals surface area (Å²) in [6, 6.07) is 7.43. The van der Waals surface area contributed by atoms with E-state index in [1.807, 2.05) is 12.3 Å². The van der Waals surface area contributed by atoms with Crippen LogP contribution >= 0.6 is 11.3 Å². The van der Waals surface area contributed by atoms with E-state index in [0.717, 1.165) is 28.9 Å². The van der Waals surface area contributed by atoms with Gasteiger partial charge in [-0.25, -0.2) is 18.6 Å². The molecule has 3 aromatic rings. The summed E-state index contributed by atoms with van der Waals surface area (Å²) in [5.41, 5.74) is 0.778. The molecule has 3 atom stereocenters. The minimum Gasteiger partial charge on any atom is -0.444 e. The van der Waals surface area contributed by atoms with E-state index >= 15 is 0 Å². The molecule has 1 aliphatic rings. The van der Waals surface area contributed by atoms with Crippen LogP contribution in [0.25, 0.3) is 0 Å². The van der Waals surface area contributed by atoms with Gasteiger partial charge in [-0.05, 0) is 82.9 Å². The first kappa shape index (κ1) is 33.0. The lowest BCUT2D eigenvalue weighted by atomic mass is 9.94. The van der Waals surface area contributed by atoms with E-state index < -0.39 is 47.4 Å². The highest BCUT2D eigenvalue weighted by atomic mass is 32.1. The van der Waals surface area contributed by atoms with E-state index in [4.69, 9.17) is 4.74 Å². The Kier molecular flexibility index (Phi) is 10.4. The van der Waals surface area contributed by atoms with Crippen LogP contribution in [0, 0.1) is 18.6 Å². The summed E-state index contributed by atoms with van der Waals surface area (Å²) >= 11 is 1.45. The van der Waals surface area contributed by atoms with Crippen LogP contribution in [0.4, 0.5) is 13.6 Å². The number of likely N-dealkylation sites (tertiary alicyclic amines) is 1. The maximum absolute atomic E-state index is 14.1. The molecule has 0 radical (unpaired) electrons. The van der Waals surface area contributed by atoms with E-state index in [2.05, 4.69) is 10.3 Å². The number of carbonyl (C=O) groups excluding carboxylic acids is 3. The molecule has 1 fully saturated rings. The van der Waals surface area contributed by atoms with Gasteiger partial charge in [0.25, 0.3) is 11.8 Å². The number of aliphatic hydroxyl groups excluding tert-OH is 1. The van der Waals surface area contributed by atoms with E-state index in [9.17, 15) is 28.3 Å². The molecule has 1 aromatic heterocycles. The van der Waals surface area contributed by atoms with Crippen molar-refractivity contribution < 1.29 is 33.0 Å². The van der Waals surface area contributed by atoms with E-state index in [1.54, 1.807) is 40.0 Å². The summed E-state index contributed by atoms with van der Waals surface area (Å²) in [7, 11) is 1.65. The fraction of sp³-hybridized carbons (Fsp3) is 0.438. The number of aryl methyl sites for hydroxylation is 1. The van der Waals surface area contributed by atoms with Crippen molar-refractivity contribution in [1.29, 1.82) is 0 Å². The standard InChI is InChI=1S/C32H38F2N4O5S/c1-19-18-44-27(35-19)17-37(5)30(41)22-9-6-8-21(15-22)29(40)36-25(14-20-12-23(33)16-24(34)13-20)28(39)26-10-7-11-38(26)31(42)43-32(2,3)4/h6,8-9,12-13,15-16,18,25-26,28,39H,7,10-11,14,17H2,1-5H3,(H,36,40)/t25-,26+,28-/m0/s1. The van der Waals surface area contributed by atoms with Crippen LogP contribution in [-0.2, 0) is 17.7 Å². The largest absolute Gasteiger partial charge is 0.444 e. The van der Waals surface area contributed by atoms with Gasteiger partial charge in [-0.1, -0.05) is 6.07 Å². The Hall–Kier alpha value is -3.90. The third-order valence-corrected chi connectivity index (χ3v) is 8.14. The minimum atomic E-state index is -1.29. The number of nitrogens with zero attached hydrogens (tertiary/aromatic N) is 3. The fourth-order valence-corrected chi connectivity index (χ4v) is 6.04. The van der Waals surface area contributed by atoms with Gasteiger partial charge in [0.2, 0.25) is 0 Å². The molecular weight excluding hydrogens is 590 g/mol. The Balaban J connectivity index is 1.56. The quantitative estimate of drug-likeness (QED) is 0.341. The summed E-state index contributed by atoms with van der Waals surface area (Å²) in [4.78, 5) is 46.9. The average molecular weight is 629 g/mol. The van der Waals surface area contributed by atoms with Crippen LogP contribution in [0.2, 0.25) is 0 Å². The van der Waals surface area contributed by atoms with Gasteiger partial charge >= 0.3 is 6.09 Å². The number of ether oxygens (including phenoxy) is 1. The van der Waals surface area contributed by atoms with E-state index in [1.165, 1.54) is 33.3 Å². The number of thiazole rings is 1. The van der Waals surface area contributed by atoms with Crippen molar-refractivity contribution in [3.63, 3.8) is 0 Å². The van der Waals surface area contributed by atoms with Crippen LogP contribution in [-0.4, -0.2) is 75.2 Å². The molecule has 4 rings (SSSR count). The van der Waals surface area contributed by atoms with Crippen molar-refractivity contribution in [3.05, 3.63) is 86.9 Å². The summed E-state index contributed by atoms with van der Waals surface area (Å²) in [6.45, 7) is 7.76. The molecule has 1 saturated heterocycles. The number of halogens is 2. The molecule has 0 aliphatic carbocycles. The highest BCUT2D eigenvalue weighted by Gasteiger charge is 2.40. The Morgan fingerprint density at radius 1 is 1.16 bits per heavy atom. The van der Waals surface area contributed by atoms with Crippen LogP contribution in [0.1, 0.15) is 70.6 Å². The lowest BCUT2D eigenvalue weighted by Crippen LogP contribution is -2.54. The van der Waals surface area contributed by atoms with Gasteiger partial charge in [0.15, 0.2) is 0 Å². The lowest BCUT2D eigenvalue weighted by molar-refractivity contribution is -0.00161. The van der Waals surface area contributed by atoms with Crippen LogP contribution in [0.3, 0.4) is 0 Å². The van der Waals surface area contributed by atoms with Crippen molar-refractivity contribution in [2.75, 3.05) is 13.6 Å². The lowest BCUT2D eigenvalue weighted by Gasteiger charge is -2.35. The number of rotatable bonds is 9. The summed E-state index contributed by atoms with van der Waals surface area (Å²) in [5, 5.41) is 17.0. The molecule has 2 aromatic carbocycles. The van der Waals surface area contributed by atoms with Gasteiger partial charge in [-0.2, -0.15) is 0 Å². The maximum Gasteiger partial charge on any atom is 0.410 e. The number of aromatic nitrogens is 1. The van der Waals surface area contributed by atoms with Crippen molar-refractivity contribution in [1.82, 2.24) is 20.1 Å². The molecule has 2 N–H and O–H groups in total. The molecule has 0 spiro atoms. The first-order chi connectivity index (χ1) is 20.7. The molecule has 9 nitrogen and oxygen atoms in total. The second-order valence-electron chi connectivity index (χ2n) is 12.1. The normalized spacial score (nSPS) is 16.4. The summed E-state index contributed by atoms with van der Waals surface area (Å²) in [6.07, 6.45) is -0.954. The van der Waals surface area contributed by atoms with E-state index in [0.29, 0.717) is 25.9 Å². The van der Waals surface area contributed by atoms with Crippen LogP contribution in [0.5, 0.6) is 0 Å². The predicted octanol–water partition coefficient (Wildman–Crippen LogP) is 5.10. The van der Waals surface area contributed by atoms with Gasteiger partial charge in [0, 0.05) is 41.9 Å². The number of benzene rings is 2. The van der Waals surface area contributed by atoms with Crippen LogP contribution in [0.15, 0.2) is 47.8 Å². The van der Waals surface area contributed by atoms with Gasteiger partial charge < -0.3 is 25.0 Å². The number of nitrogens with one attached hydrogen (secondary N) is 1. The Labute approximate surface area is 259 Å². The third kappa shape index (κ3) is 8.60. The van der Waals surface area contributed by atoms with Crippen molar-refractivity contribution in [2.24, 2.45) is 0 Å². The zero-order valence-corrected chi connectivity index (χ0v) is 26.3. The summed E-state index contributed by atoms with van der Waals surface area (Å²) in [5.74, 6) is -2.49. The fourth-order valence-electron chi connectivity index (χ4n) is 5.22. The second kappa shape index (κ2) is 13.8. The number of hydrogen-bond acceptors (Lipinski definition) is 7. The molecule has 2 heterocycles. The average Bonchev–Trinajstić information content (AvgIpc) is 3.59. The topological polar surface area (TPSA) is 112 Å². The van der Waals surface area contributed by atoms with E-state index in [-0.39, 0.29) is 29.0 Å². The van der Waals surface area contributed by atoms with Gasteiger partial charge in [0.1, 0.15) is 22.2 Å². The Bertz CT molecular complexity index is 1490. The van der Waals surface area contributed by atoms with Gasteiger partial charge in [-0.15, -0.1) is 11.3 Å². The van der Waals surface area contributed by atoms with Crippen molar-refractivity contribution in [3.8, 4) is 0 Å². The predicted molar refractivity (Wildman–Crippen MR) is 162 cm³/mol. The highest BCUT2D eigenvalue weighted by molar-refractivity contribution is 7.09. The molecule has 3 amide bonds. The zero-order chi connectivity index (χ0) is 32.2. The molecule has 0 saturated carbocycles. The molecule has 236 valence electrons. The zero-order valence-electron chi connectivity index (χ0n) is 25.5. The first-order valence-electron chi connectivity index (χ1n) is 14.4. The number of amides is 3. The molecule has 0 unspecified atom stereocenters. The third-order valence-electron chi connectivity index (χ3n) is 7.19. The molecule has 1 aliphatic heterocycles. The number of hydrogen-bond donors (Lipinski definition) is 2. The minimum absolute atomic E-state index is 0.116. The van der Waals surface area contributed by atoms with Crippen molar-refractivity contribution in [2.45, 2.75) is 77.3 Å².